The summed E-state index contributed by atoms with van der Waals surface area (Å²) in [5.41, 5.74) is 11.2. The van der Waals surface area contributed by atoms with Gasteiger partial charge < -0.3 is 10.6 Å². The molecule has 0 heterocycles. The van der Waals surface area contributed by atoms with Gasteiger partial charge >= 0.3 is 0 Å². The van der Waals surface area contributed by atoms with Crippen LogP contribution in [-0.4, -0.2) is 14.1 Å². The van der Waals surface area contributed by atoms with E-state index in [2.05, 4.69) is 60.4 Å². The summed E-state index contributed by atoms with van der Waals surface area (Å²) in [4.78, 5) is 2.10. The van der Waals surface area contributed by atoms with Crippen molar-refractivity contribution in [1.82, 2.24) is 0 Å². The number of hydrogen-bond acceptors (Lipinski definition) is 2. The van der Waals surface area contributed by atoms with Crippen LogP contribution < -0.4 is 10.6 Å². The monoisotopic (exact) mass is 254 g/mol. The van der Waals surface area contributed by atoms with Crippen molar-refractivity contribution in [3.05, 3.63) is 65.2 Å². The third-order valence-corrected chi connectivity index (χ3v) is 3.46. The minimum Gasteiger partial charge on any atom is -0.378 e. The highest BCUT2D eigenvalue weighted by Gasteiger charge is 2.10. The summed E-state index contributed by atoms with van der Waals surface area (Å²) in [5, 5.41) is 0. The van der Waals surface area contributed by atoms with Crippen LogP contribution in [0.3, 0.4) is 0 Å². The van der Waals surface area contributed by atoms with E-state index in [1.807, 2.05) is 14.1 Å². The van der Waals surface area contributed by atoms with Crippen LogP contribution in [0.5, 0.6) is 0 Å². The van der Waals surface area contributed by atoms with E-state index in [1.54, 1.807) is 0 Å². The van der Waals surface area contributed by atoms with Gasteiger partial charge in [0.25, 0.3) is 0 Å². The summed E-state index contributed by atoms with van der Waals surface area (Å²) >= 11 is 0. The summed E-state index contributed by atoms with van der Waals surface area (Å²) in [6.07, 6.45) is 1.04. The fourth-order valence-corrected chi connectivity index (χ4v) is 2.20. The average molecular weight is 254 g/mol. The number of rotatable bonds is 4. The predicted molar refractivity (Wildman–Crippen MR) is 82.6 cm³/mol. The lowest BCUT2D eigenvalue weighted by atomic mass is 9.97. The molecule has 19 heavy (non-hydrogen) atoms. The standard InChI is InChI=1S/C17H22N2/c1-4-13-7-5-8-14(11-13)17(18)15-9-6-10-16(12-15)19(2)3/h5-12,17H,4,18H2,1-3H3. The lowest BCUT2D eigenvalue weighted by Gasteiger charge is -2.18. The van der Waals surface area contributed by atoms with Crippen molar-refractivity contribution in [2.24, 2.45) is 5.73 Å². The zero-order chi connectivity index (χ0) is 13.8. The first-order chi connectivity index (χ1) is 9.11. The van der Waals surface area contributed by atoms with Crippen molar-refractivity contribution in [2.45, 2.75) is 19.4 Å². The van der Waals surface area contributed by atoms with Gasteiger partial charge in [0.2, 0.25) is 0 Å². The molecule has 0 aliphatic rings. The molecule has 0 radical (unpaired) electrons. The molecule has 0 spiro atoms. The molecule has 100 valence electrons. The van der Waals surface area contributed by atoms with Crippen LogP contribution in [0.2, 0.25) is 0 Å². The molecule has 1 atom stereocenters. The molecule has 2 rings (SSSR count). The van der Waals surface area contributed by atoms with E-state index < -0.39 is 0 Å². The highest BCUT2D eigenvalue weighted by Crippen LogP contribution is 2.24. The van der Waals surface area contributed by atoms with Gasteiger partial charge in [-0.05, 0) is 35.2 Å². The molecule has 0 amide bonds. The van der Waals surface area contributed by atoms with E-state index in [1.165, 1.54) is 16.8 Å². The van der Waals surface area contributed by atoms with Crippen LogP contribution in [-0.2, 0) is 6.42 Å². The van der Waals surface area contributed by atoms with Crippen LogP contribution in [0, 0.1) is 0 Å². The summed E-state index contributed by atoms with van der Waals surface area (Å²) < 4.78 is 0. The highest BCUT2D eigenvalue weighted by molar-refractivity contribution is 5.49. The number of aryl methyl sites for hydroxylation is 1. The first kappa shape index (κ1) is 13.6. The van der Waals surface area contributed by atoms with Crippen LogP contribution in [0.4, 0.5) is 5.69 Å². The van der Waals surface area contributed by atoms with Crippen molar-refractivity contribution in [3.63, 3.8) is 0 Å². The van der Waals surface area contributed by atoms with Gasteiger partial charge in [0.15, 0.2) is 0 Å². The van der Waals surface area contributed by atoms with Crippen molar-refractivity contribution in [1.29, 1.82) is 0 Å². The van der Waals surface area contributed by atoms with Crippen molar-refractivity contribution in [2.75, 3.05) is 19.0 Å². The van der Waals surface area contributed by atoms with Crippen molar-refractivity contribution < 1.29 is 0 Å². The van der Waals surface area contributed by atoms with Gasteiger partial charge in [0, 0.05) is 19.8 Å². The van der Waals surface area contributed by atoms with Crippen LogP contribution in [0.1, 0.15) is 29.7 Å². The van der Waals surface area contributed by atoms with Gasteiger partial charge in [0.1, 0.15) is 0 Å². The van der Waals surface area contributed by atoms with Gasteiger partial charge in [-0.1, -0.05) is 43.3 Å². The third kappa shape index (κ3) is 3.15. The maximum atomic E-state index is 6.39. The normalized spacial score (nSPS) is 12.2. The number of nitrogens with zero attached hydrogens (tertiary/aromatic N) is 1. The Hall–Kier alpha value is -1.80. The molecule has 0 aromatic heterocycles. The lowest BCUT2D eigenvalue weighted by Crippen LogP contribution is -2.14. The Bertz CT molecular complexity index is 546. The van der Waals surface area contributed by atoms with Gasteiger partial charge in [-0.2, -0.15) is 0 Å². The summed E-state index contributed by atoms with van der Waals surface area (Å²) in [7, 11) is 4.09. The second-order valence-electron chi connectivity index (χ2n) is 5.07. The predicted octanol–water partition coefficient (Wildman–Crippen LogP) is 3.36. The molecule has 2 nitrogen and oxygen atoms in total. The molecular weight excluding hydrogens is 232 g/mol. The number of hydrogen-bond donors (Lipinski definition) is 1. The zero-order valence-electron chi connectivity index (χ0n) is 11.9. The Balaban J connectivity index is 2.32. The molecule has 0 saturated carbocycles. The SMILES string of the molecule is CCc1cccc(C(N)c2cccc(N(C)C)c2)c1. The Morgan fingerprint density at radius 2 is 1.63 bits per heavy atom. The molecule has 0 fully saturated rings. The van der Waals surface area contributed by atoms with E-state index >= 15 is 0 Å². The summed E-state index contributed by atoms with van der Waals surface area (Å²) in [6, 6.07) is 16.9. The molecule has 2 N–H and O–H groups in total. The maximum Gasteiger partial charge on any atom is 0.0552 e. The van der Waals surface area contributed by atoms with E-state index in [4.69, 9.17) is 5.73 Å². The van der Waals surface area contributed by atoms with Gasteiger partial charge in [0.05, 0.1) is 6.04 Å². The van der Waals surface area contributed by atoms with Crippen molar-refractivity contribution >= 4 is 5.69 Å². The van der Waals surface area contributed by atoms with Gasteiger partial charge in [-0.25, -0.2) is 0 Å². The van der Waals surface area contributed by atoms with Crippen LogP contribution in [0.15, 0.2) is 48.5 Å². The fraction of sp³-hybridized carbons (Fsp3) is 0.294. The van der Waals surface area contributed by atoms with E-state index in [0.29, 0.717) is 0 Å². The smallest absolute Gasteiger partial charge is 0.0552 e. The van der Waals surface area contributed by atoms with E-state index in [0.717, 1.165) is 12.0 Å². The highest BCUT2D eigenvalue weighted by atomic mass is 15.1. The lowest BCUT2D eigenvalue weighted by molar-refractivity contribution is 0.866. The van der Waals surface area contributed by atoms with Gasteiger partial charge in [-0.15, -0.1) is 0 Å². The number of benzene rings is 2. The molecule has 0 aliphatic carbocycles. The molecule has 2 aromatic rings. The Labute approximate surface area is 115 Å². The minimum atomic E-state index is -0.0635. The van der Waals surface area contributed by atoms with E-state index in [-0.39, 0.29) is 6.04 Å². The number of anilines is 1. The molecular formula is C17H22N2. The molecule has 1 unspecified atom stereocenters. The second kappa shape index (κ2) is 5.89. The van der Waals surface area contributed by atoms with E-state index in [9.17, 15) is 0 Å². The molecule has 0 aliphatic heterocycles. The first-order valence-corrected chi connectivity index (χ1v) is 6.73. The Kier molecular flexibility index (Phi) is 4.23. The minimum absolute atomic E-state index is 0.0635. The summed E-state index contributed by atoms with van der Waals surface area (Å²) in [6.45, 7) is 2.16. The average Bonchev–Trinajstić information content (AvgIpc) is 2.46. The molecule has 2 heteroatoms. The zero-order valence-corrected chi connectivity index (χ0v) is 11.9. The fourth-order valence-electron chi connectivity index (χ4n) is 2.20. The topological polar surface area (TPSA) is 29.3 Å². The quantitative estimate of drug-likeness (QED) is 0.906. The maximum absolute atomic E-state index is 6.39. The Morgan fingerprint density at radius 3 is 2.26 bits per heavy atom. The van der Waals surface area contributed by atoms with Crippen molar-refractivity contribution in [3.8, 4) is 0 Å². The largest absolute Gasteiger partial charge is 0.378 e. The summed E-state index contributed by atoms with van der Waals surface area (Å²) in [5.74, 6) is 0. The molecule has 0 saturated heterocycles. The second-order valence-corrected chi connectivity index (χ2v) is 5.07. The van der Waals surface area contributed by atoms with Gasteiger partial charge in [-0.3, -0.25) is 0 Å². The van der Waals surface area contributed by atoms with Crippen LogP contribution in [0.25, 0.3) is 0 Å². The third-order valence-electron chi connectivity index (χ3n) is 3.46. The molecule has 0 bridgehead atoms. The Morgan fingerprint density at radius 1 is 1.00 bits per heavy atom. The number of nitrogens with two attached hydrogens (primary N) is 1. The first-order valence-electron chi connectivity index (χ1n) is 6.73. The molecule has 2 aromatic carbocycles. The van der Waals surface area contributed by atoms with Crippen LogP contribution >= 0.6 is 0 Å².